The van der Waals surface area contributed by atoms with Crippen LogP contribution in [-0.2, 0) is 4.79 Å². The van der Waals surface area contributed by atoms with Gasteiger partial charge in [0.05, 0.1) is 12.6 Å². The summed E-state index contributed by atoms with van der Waals surface area (Å²) in [5.74, 6) is 1.33. The van der Waals surface area contributed by atoms with Crippen molar-refractivity contribution in [1.29, 1.82) is 0 Å². The number of hydrogen-bond acceptors (Lipinski definition) is 3. The number of carbonyl (C=O) groups excluding carboxylic acids is 1. The molecule has 0 unspecified atom stereocenters. The highest BCUT2D eigenvalue weighted by molar-refractivity contribution is 5.95. The van der Waals surface area contributed by atoms with Crippen LogP contribution in [0.25, 0.3) is 0 Å². The Morgan fingerprint density at radius 2 is 2.24 bits per heavy atom. The summed E-state index contributed by atoms with van der Waals surface area (Å²) < 4.78 is 5.67. The third-order valence-electron chi connectivity index (χ3n) is 3.31. The molecule has 21 heavy (non-hydrogen) atoms. The van der Waals surface area contributed by atoms with Crippen molar-refractivity contribution in [3.8, 4) is 5.75 Å². The summed E-state index contributed by atoms with van der Waals surface area (Å²) in [5.41, 5.74) is 0.795. The molecule has 1 aliphatic heterocycles. The first-order chi connectivity index (χ1) is 9.65. The van der Waals surface area contributed by atoms with Crippen LogP contribution in [0.5, 0.6) is 5.75 Å². The van der Waals surface area contributed by atoms with Gasteiger partial charge in [0.15, 0.2) is 0 Å². The van der Waals surface area contributed by atoms with Crippen LogP contribution in [0.4, 0.5) is 5.69 Å². The minimum atomic E-state index is -0.0658. The zero-order valence-electron chi connectivity index (χ0n) is 12.7. The number of ether oxygens (including phenoxy) is 1. The van der Waals surface area contributed by atoms with Crippen LogP contribution in [0, 0.1) is 5.92 Å². The van der Waals surface area contributed by atoms with E-state index in [1.165, 1.54) is 0 Å². The number of carbonyl (C=O) groups is 1. The molecule has 118 valence electrons. The molecule has 1 fully saturated rings. The van der Waals surface area contributed by atoms with E-state index in [1.807, 2.05) is 24.3 Å². The number of anilines is 1. The van der Waals surface area contributed by atoms with Crippen molar-refractivity contribution in [2.24, 2.45) is 5.92 Å². The van der Waals surface area contributed by atoms with Crippen LogP contribution >= 0.6 is 12.4 Å². The van der Waals surface area contributed by atoms with Gasteiger partial charge in [-0.2, -0.15) is 0 Å². The summed E-state index contributed by atoms with van der Waals surface area (Å²) in [6.07, 6.45) is 3.18. The first kappa shape index (κ1) is 17.8. The van der Waals surface area contributed by atoms with Crippen LogP contribution in [-0.4, -0.2) is 25.1 Å². The molecular weight excluding hydrogens is 288 g/mol. The molecule has 5 heteroatoms. The molecule has 1 heterocycles. The van der Waals surface area contributed by atoms with Gasteiger partial charge in [-0.05, 0) is 37.4 Å². The summed E-state index contributed by atoms with van der Waals surface area (Å²) >= 11 is 0. The summed E-state index contributed by atoms with van der Waals surface area (Å²) in [4.78, 5) is 12.1. The van der Waals surface area contributed by atoms with Crippen molar-refractivity contribution < 1.29 is 9.53 Å². The third kappa shape index (κ3) is 5.94. The van der Waals surface area contributed by atoms with Crippen molar-refractivity contribution >= 4 is 24.0 Å². The maximum Gasteiger partial charge on any atom is 0.241 e. The summed E-state index contributed by atoms with van der Waals surface area (Å²) in [6.45, 7) is 5.83. The molecule has 0 saturated carbocycles. The third-order valence-corrected chi connectivity index (χ3v) is 3.31. The van der Waals surface area contributed by atoms with E-state index in [4.69, 9.17) is 4.74 Å². The first-order valence-electron chi connectivity index (χ1n) is 7.42. The molecule has 1 saturated heterocycles. The first-order valence-corrected chi connectivity index (χ1v) is 7.42. The average Bonchev–Trinajstić information content (AvgIpc) is 2.46. The predicted molar refractivity (Wildman–Crippen MR) is 88.3 cm³/mol. The Kier molecular flexibility index (Phi) is 7.54. The predicted octanol–water partition coefficient (Wildman–Crippen LogP) is 3.22. The van der Waals surface area contributed by atoms with E-state index in [2.05, 4.69) is 24.5 Å². The van der Waals surface area contributed by atoms with Gasteiger partial charge in [0, 0.05) is 11.8 Å². The normalized spacial score (nSPS) is 18.0. The fourth-order valence-corrected chi connectivity index (χ4v) is 2.23. The fraction of sp³-hybridized carbons (Fsp3) is 0.562. The zero-order chi connectivity index (χ0) is 14.4. The van der Waals surface area contributed by atoms with Crippen LogP contribution in [0.15, 0.2) is 24.3 Å². The van der Waals surface area contributed by atoms with Crippen molar-refractivity contribution in [2.75, 3.05) is 18.5 Å². The summed E-state index contributed by atoms with van der Waals surface area (Å²) in [7, 11) is 0. The zero-order valence-corrected chi connectivity index (χ0v) is 13.5. The maximum absolute atomic E-state index is 12.1. The molecule has 0 aromatic heterocycles. The Balaban J connectivity index is 0.00000220. The molecule has 1 atom stereocenters. The van der Waals surface area contributed by atoms with Crippen molar-refractivity contribution in [3.63, 3.8) is 0 Å². The Morgan fingerprint density at radius 1 is 1.43 bits per heavy atom. The lowest BCUT2D eigenvalue weighted by molar-refractivity contribution is -0.118. The van der Waals surface area contributed by atoms with E-state index in [0.29, 0.717) is 12.5 Å². The number of amides is 1. The Bertz CT molecular complexity index is 446. The van der Waals surface area contributed by atoms with Gasteiger partial charge in [0.25, 0.3) is 0 Å². The SMILES string of the molecule is CC(C)COc1cccc(NC(=O)[C@@H]2CCCCN2)c1.Cl. The summed E-state index contributed by atoms with van der Waals surface area (Å²) in [5, 5.41) is 6.21. The number of rotatable bonds is 5. The molecule has 0 bridgehead atoms. The molecule has 0 aliphatic carbocycles. The lowest BCUT2D eigenvalue weighted by Crippen LogP contribution is -2.43. The van der Waals surface area contributed by atoms with Crippen molar-refractivity contribution in [3.05, 3.63) is 24.3 Å². The molecule has 0 spiro atoms. The molecule has 2 N–H and O–H groups in total. The smallest absolute Gasteiger partial charge is 0.241 e. The number of benzene rings is 1. The van der Waals surface area contributed by atoms with Crippen LogP contribution in [0.1, 0.15) is 33.1 Å². The highest BCUT2D eigenvalue weighted by atomic mass is 35.5. The molecule has 0 radical (unpaired) electrons. The number of piperidine rings is 1. The fourth-order valence-electron chi connectivity index (χ4n) is 2.23. The van der Waals surface area contributed by atoms with E-state index in [-0.39, 0.29) is 24.4 Å². The second-order valence-corrected chi connectivity index (χ2v) is 5.72. The van der Waals surface area contributed by atoms with Gasteiger partial charge in [-0.3, -0.25) is 4.79 Å². The Hall–Kier alpha value is -1.26. The molecular formula is C16H25ClN2O2. The Labute approximate surface area is 133 Å². The van der Waals surface area contributed by atoms with Gasteiger partial charge >= 0.3 is 0 Å². The van der Waals surface area contributed by atoms with E-state index in [9.17, 15) is 4.79 Å². The standard InChI is InChI=1S/C16H24N2O2.ClH/c1-12(2)11-20-14-7-5-6-13(10-14)18-16(19)15-8-3-4-9-17-15;/h5-7,10,12,15,17H,3-4,8-9,11H2,1-2H3,(H,18,19);1H/t15-;/m0./s1. The molecule has 2 rings (SSSR count). The van der Waals surface area contributed by atoms with Gasteiger partial charge in [0.1, 0.15) is 5.75 Å². The number of hydrogen-bond donors (Lipinski definition) is 2. The van der Waals surface area contributed by atoms with Crippen molar-refractivity contribution in [2.45, 2.75) is 39.2 Å². The quantitative estimate of drug-likeness (QED) is 0.877. The van der Waals surface area contributed by atoms with Crippen LogP contribution in [0.3, 0.4) is 0 Å². The second kappa shape index (κ2) is 8.90. The molecule has 1 aromatic rings. The van der Waals surface area contributed by atoms with Crippen LogP contribution < -0.4 is 15.4 Å². The van der Waals surface area contributed by atoms with E-state index < -0.39 is 0 Å². The van der Waals surface area contributed by atoms with Gasteiger partial charge in [-0.1, -0.05) is 26.3 Å². The van der Waals surface area contributed by atoms with E-state index in [1.54, 1.807) is 0 Å². The van der Waals surface area contributed by atoms with E-state index >= 15 is 0 Å². The molecule has 4 nitrogen and oxygen atoms in total. The van der Waals surface area contributed by atoms with Gasteiger partial charge in [-0.15, -0.1) is 12.4 Å². The highest BCUT2D eigenvalue weighted by Crippen LogP contribution is 2.19. The summed E-state index contributed by atoms with van der Waals surface area (Å²) in [6, 6.07) is 7.52. The lowest BCUT2D eigenvalue weighted by atomic mass is 10.0. The Morgan fingerprint density at radius 3 is 2.90 bits per heavy atom. The van der Waals surface area contributed by atoms with Crippen LogP contribution in [0.2, 0.25) is 0 Å². The molecule has 1 aliphatic rings. The van der Waals surface area contributed by atoms with Gasteiger partial charge in [0.2, 0.25) is 5.91 Å². The largest absolute Gasteiger partial charge is 0.493 e. The van der Waals surface area contributed by atoms with Crippen molar-refractivity contribution in [1.82, 2.24) is 5.32 Å². The number of nitrogens with one attached hydrogen (secondary N) is 2. The average molecular weight is 313 g/mol. The number of halogens is 1. The maximum atomic E-state index is 12.1. The minimum absolute atomic E-state index is 0. The van der Waals surface area contributed by atoms with E-state index in [0.717, 1.165) is 37.2 Å². The topological polar surface area (TPSA) is 50.4 Å². The highest BCUT2D eigenvalue weighted by Gasteiger charge is 2.20. The molecule has 1 aromatic carbocycles. The minimum Gasteiger partial charge on any atom is -0.493 e. The monoisotopic (exact) mass is 312 g/mol. The van der Waals surface area contributed by atoms with Gasteiger partial charge in [-0.25, -0.2) is 0 Å². The molecule has 1 amide bonds. The second-order valence-electron chi connectivity index (χ2n) is 5.72. The lowest BCUT2D eigenvalue weighted by Gasteiger charge is -2.22. The van der Waals surface area contributed by atoms with Gasteiger partial charge < -0.3 is 15.4 Å².